The van der Waals surface area contributed by atoms with E-state index in [1.54, 1.807) is 25.9 Å². The summed E-state index contributed by atoms with van der Waals surface area (Å²) >= 11 is 0. The van der Waals surface area contributed by atoms with Crippen molar-refractivity contribution in [1.29, 1.82) is 5.41 Å². The van der Waals surface area contributed by atoms with Crippen LogP contribution < -0.4 is 10.5 Å². The van der Waals surface area contributed by atoms with Crippen molar-refractivity contribution in [3.05, 3.63) is 54.5 Å². The molecule has 23 heavy (non-hydrogen) atoms. The zero-order chi connectivity index (χ0) is 16.7. The summed E-state index contributed by atoms with van der Waals surface area (Å²) in [5.74, 6) is 1.07. The number of amidine groups is 1. The van der Waals surface area contributed by atoms with E-state index in [1.165, 1.54) is 0 Å². The molecule has 0 saturated heterocycles. The Morgan fingerprint density at radius 2 is 2.17 bits per heavy atom. The Kier molecular flexibility index (Phi) is 5.91. The van der Waals surface area contributed by atoms with Gasteiger partial charge in [0.05, 0.1) is 12.9 Å². The minimum Gasteiger partial charge on any atom is -0.497 e. The molecule has 2 aromatic rings. The van der Waals surface area contributed by atoms with Crippen LogP contribution in [0.4, 0.5) is 0 Å². The van der Waals surface area contributed by atoms with Gasteiger partial charge in [-0.05, 0) is 36.5 Å². The maximum atomic E-state index is 12.3. The highest BCUT2D eigenvalue weighted by Crippen LogP contribution is 2.27. The summed E-state index contributed by atoms with van der Waals surface area (Å²) in [4.78, 5) is 19.1. The molecule has 2 rings (SSSR count). The van der Waals surface area contributed by atoms with Crippen molar-refractivity contribution in [2.24, 2.45) is 5.73 Å². The van der Waals surface area contributed by atoms with Gasteiger partial charge >= 0.3 is 0 Å². The standard InChI is InChI=1S/C17H21N4O2/c1-23-14-7-5-12(6-8-14)13(3-2-4-16(18)19)11-15(22)17-20-9-10-21-17/h5-11,13H,2-4H2,1H3,(H3,18,19)(H,20,21). The molecule has 1 radical (unpaired) electrons. The van der Waals surface area contributed by atoms with Crippen LogP contribution in [0.3, 0.4) is 0 Å². The Morgan fingerprint density at radius 1 is 1.43 bits per heavy atom. The van der Waals surface area contributed by atoms with Gasteiger partial charge in [-0.3, -0.25) is 10.2 Å². The average molecular weight is 313 g/mol. The van der Waals surface area contributed by atoms with Crippen molar-refractivity contribution in [2.75, 3.05) is 7.11 Å². The Balaban J connectivity index is 2.09. The van der Waals surface area contributed by atoms with Crippen LogP contribution in [-0.2, 0) is 0 Å². The van der Waals surface area contributed by atoms with Crippen molar-refractivity contribution in [2.45, 2.75) is 25.2 Å². The molecule has 1 atom stereocenters. The summed E-state index contributed by atoms with van der Waals surface area (Å²) in [7, 11) is 1.62. The number of ether oxygens (including phenoxy) is 1. The van der Waals surface area contributed by atoms with Gasteiger partial charge < -0.3 is 15.5 Å². The summed E-state index contributed by atoms with van der Waals surface area (Å²) in [6.07, 6.45) is 6.85. The average Bonchev–Trinajstić information content (AvgIpc) is 3.08. The topological polar surface area (TPSA) is 105 Å². The summed E-state index contributed by atoms with van der Waals surface area (Å²) in [5.41, 5.74) is 6.43. The van der Waals surface area contributed by atoms with Crippen molar-refractivity contribution < 1.29 is 9.53 Å². The number of H-pyrrole nitrogens is 1. The molecule has 0 bridgehead atoms. The fourth-order valence-corrected chi connectivity index (χ4v) is 2.37. The number of rotatable bonds is 9. The fraction of sp³-hybridized carbons (Fsp3) is 0.294. The lowest BCUT2D eigenvalue weighted by Crippen LogP contribution is -2.13. The van der Waals surface area contributed by atoms with Gasteiger partial charge in [0, 0.05) is 25.2 Å². The highest BCUT2D eigenvalue weighted by Gasteiger charge is 2.19. The Hall–Kier alpha value is -2.63. The van der Waals surface area contributed by atoms with Gasteiger partial charge in [0.1, 0.15) is 5.75 Å². The van der Waals surface area contributed by atoms with Crippen molar-refractivity contribution in [3.8, 4) is 5.75 Å². The number of Topliss-reactive ketones (excluding diaryl/α,β-unsaturated/α-hetero) is 1. The molecular weight excluding hydrogens is 292 g/mol. The van der Waals surface area contributed by atoms with Crippen LogP contribution in [0.15, 0.2) is 36.7 Å². The first kappa shape index (κ1) is 16.7. The molecule has 1 unspecified atom stereocenters. The van der Waals surface area contributed by atoms with Gasteiger partial charge in [0.2, 0.25) is 5.78 Å². The molecule has 6 heteroatoms. The molecule has 0 saturated carbocycles. The van der Waals surface area contributed by atoms with E-state index in [0.29, 0.717) is 12.2 Å². The van der Waals surface area contributed by atoms with Crippen LogP contribution in [0.1, 0.15) is 41.4 Å². The molecule has 1 aromatic carbocycles. The second-order valence-corrected chi connectivity index (χ2v) is 5.27. The molecule has 121 valence electrons. The smallest absolute Gasteiger partial charge is 0.202 e. The van der Waals surface area contributed by atoms with E-state index in [-0.39, 0.29) is 17.5 Å². The number of hydrogen-bond acceptors (Lipinski definition) is 4. The summed E-state index contributed by atoms with van der Waals surface area (Å²) in [6, 6.07) is 7.64. The molecular formula is C17H21N4O2. The van der Waals surface area contributed by atoms with E-state index in [2.05, 4.69) is 9.97 Å². The Morgan fingerprint density at radius 3 is 2.74 bits per heavy atom. The predicted octanol–water partition coefficient (Wildman–Crippen LogP) is 2.70. The highest BCUT2D eigenvalue weighted by atomic mass is 16.5. The second kappa shape index (κ2) is 8.12. The zero-order valence-electron chi connectivity index (χ0n) is 13.1. The first-order chi connectivity index (χ1) is 11.1. The van der Waals surface area contributed by atoms with Gasteiger partial charge in [-0.25, -0.2) is 4.98 Å². The number of ketones is 1. The number of benzene rings is 1. The largest absolute Gasteiger partial charge is 0.497 e. The van der Waals surface area contributed by atoms with Gasteiger partial charge in [-0.2, -0.15) is 0 Å². The molecule has 4 N–H and O–H groups in total. The molecule has 0 aliphatic rings. The van der Waals surface area contributed by atoms with E-state index in [9.17, 15) is 4.79 Å². The van der Waals surface area contributed by atoms with Crippen molar-refractivity contribution in [3.63, 3.8) is 0 Å². The van der Waals surface area contributed by atoms with Crippen LogP contribution >= 0.6 is 0 Å². The highest BCUT2D eigenvalue weighted by molar-refractivity contribution is 6.00. The molecule has 0 amide bonds. The third kappa shape index (κ3) is 4.95. The summed E-state index contributed by atoms with van der Waals surface area (Å²) in [5, 5.41) is 7.32. The third-order valence-corrected chi connectivity index (χ3v) is 3.59. The number of carbonyl (C=O) groups is 1. The number of nitrogens with zero attached hydrogens (tertiary/aromatic N) is 1. The van der Waals surface area contributed by atoms with Gasteiger partial charge in [-0.15, -0.1) is 0 Å². The Labute approximate surface area is 135 Å². The first-order valence-corrected chi connectivity index (χ1v) is 7.45. The van der Waals surface area contributed by atoms with E-state index >= 15 is 0 Å². The van der Waals surface area contributed by atoms with E-state index in [4.69, 9.17) is 15.9 Å². The fourth-order valence-electron chi connectivity index (χ4n) is 2.37. The number of nitrogens with two attached hydrogens (primary N) is 1. The molecule has 0 fully saturated rings. The maximum Gasteiger partial charge on any atom is 0.202 e. The van der Waals surface area contributed by atoms with Gasteiger partial charge in [-0.1, -0.05) is 12.1 Å². The molecule has 6 nitrogen and oxygen atoms in total. The number of nitrogens with one attached hydrogen (secondary N) is 2. The van der Waals surface area contributed by atoms with Crippen molar-refractivity contribution >= 4 is 11.6 Å². The number of aromatic nitrogens is 2. The Bertz CT molecular complexity index is 635. The number of carbonyl (C=O) groups excluding carboxylic acids is 1. The minimum absolute atomic E-state index is 0.0575. The van der Waals surface area contributed by atoms with Crippen LogP contribution in [0.25, 0.3) is 0 Å². The monoisotopic (exact) mass is 313 g/mol. The lowest BCUT2D eigenvalue weighted by molar-refractivity contribution is 0.101. The molecule has 1 heterocycles. The molecule has 0 spiro atoms. The third-order valence-electron chi connectivity index (χ3n) is 3.59. The minimum atomic E-state index is -0.140. The molecule has 0 aliphatic carbocycles. The normalized spacial score (nSPS) is 11.9. The quantitative estimate of drug-likeness (QED) is 0.376. The van der Waals surface area contributed by atoms with Gasteiger partial charge in [0.15, 0.2) is 5.82 Å². The number of imidazole rings is 1. The summed E-state index contributed by atoms with van der Waals surface area (Å²) < 4.78 is 5.16. The lowest BCUT2D eigenvalue weighted by Gasteiger charge is -2.16. The van der Waals surface area contributed by atoms with E-state index in [0.717, 1.165) is 24.2 Å². The number of hydrogen-bond donors (Lipinski definition) is 3. The van der Waals surface area contributed by atoms with Crippen LogP contribution in [0, 0.1) is 11.8 Å². The molecule has 0 aliphatic heterocycles. The van der Waals surface area contributed by atoms with E-state index in [1.807, 2.05) is 24.3 Å². The predicted molar refractivity (Wildman–Crippen MR) is 88.7 cm³/mol. The maximum absolute atomic E-state index is 12.3. The van der Waals surface area contributed by atoms with Crippen LogP contribution in [0.2, 0.25) is 0 Å². The number of methoxy groups -OCH3 is 1. The van der Waals surface area contributed by atoms with E-state index < -0.39 is 0 Å². The van der Waals surface area contributed by atoms with Gasteiger partial charge in [0.25, 0.3) is 0 Å². The molecule has 1 aromatic heterocycles. The van der Waals surface area contributed by atoms with Crippen molar-refractivity contribution in [1.82, 2.24) is 9.97 Å². The lowest BCUT2D eigenvalue weighted by atomic mass is 9.88. The number of aromatic amines is 1. The van der Waals surface area contributed by atoms with Crippen LogP contribution in [0.5, 0.6) is 5.75 Å². The second-order valence-electron chi connectivity index (χ2n) is 5.27. The zero-order valence-corrected chi connectivity index (χ0v) is 13.1. The SMILES string of the molecule is COc1ccc(C([CH]C(=O)c2ncc[nH]2)CCCC(=N)N)cc1. The first-order valence-electron chi connectivity index (χ1n) is 7.45. The summed E-state index contributed by atoms with van der Waals surface area (Å²) in [6.45, 7) is 0. The van der Waals surface area contributed by atoms with Crippen LogP contribution in [-0.4, -0.2) is 28.7 Å².